The van der Waals surface area contributed by atoms with Crippen LogP contribution in [0.2, 0.25) is 0 Å². The number of nitrogens with one attached hydrogen (secondary N) is 1. The minimum atomic E-state index is -4.70. The van der Waals surface area contributed by atoms with E-state index in [-0.39, 0.29) is 18.5 Å². The maximum atomic E-state index is 13.3. The molecule has 0 aliphatic heterocycles. The third kappa shape index (κ3) is 3.78. The lowest BCUT2D eigenvalue weighted by Crippen LogP contribution is -2.25. The maximum Gasteiger partial charge on any atom is 0.416 e. The average Bonchev–Trinajstić information content (AvgIpc) is 2.19. The standard InChI is InChI=1S/C10H9F6N.ClH/c1-17-8(9(12)13)6-3-2-5(4-7(6)11)10(14,15)16;/h2-4,8-9,17H,1H3;1H/t8-;/m0./s1. The predicted molar refractivity (Wildman–Crippen MR) is 56.5 cm³/mol. The van der Waals surface area contributed by atoms with Crippen LogP contribution in [-0.4, -0.2) is 13.5 Å². The molecule has 0 heterocycles. The molecule has 0 fully saturated rings. The highest BCUT2D eigenvalue weighted by atomic mass is 35.5. The van der Waals surface area contributed by atoms with E-state index in [0.717, 1.165) is 0 Å². The van der Waals surface area contributed by atoms with Gasteiger partial charge in [0.15, 0.2) is 0 Å². The Kier molecular flexibility index (Phi) is 5.95. The van der Waals surface area contributed by atoms with Crippen LogP contribution in [0.4, 0.5) is 26.3 Å². The third-order valence-corrected chi connectivity index (χ3v) is 2.23. The Morgan fingerprint density at radius 3 is 2.06 bits per heavy atom. The lowest BCUT2D eigenvalue weighted by Gasteiger charge is -2.17. The molecule has 0 spiro atoms. The Morgan fingerprint density at radius 2 is 1.72 bits per heavy atom. The Hall–Kier alpha value is -0.950. The van der Waals surface area contributed by atoms with Crippen molar-refractivity contribution in [1.82, 2.24) is 5.32 Å². The molecule has 0 bridgehead atoms. The van der Waals surface area contributed by atoms with Gasteiger partial charge in [-0.05, 0) is 19.2 Å². The topological polar surface area (TPSA) is 12.0 Å². The second kappa shape index (κ2) is 6.29. The zero-order valence-electron chi connectivity index (χ0n) is 9.06. The summed E-state index contributed by atoms with van der Waals surface area (Å²) in [7, 11) is 1.17. The summed E-state index contributed by atoms with van der Waals surface area (Å²) in [5, 5.41) is 2.15. The molecule has 104 valence electrons. The summed E-state index contributed by atoms with van der Waals surface area (Å²) in [5.41, 5.74) is -1.70. The SMILES string of the molecule is CN[C@@H](c1ccc(C(F)(F)F)cc1F)C(F)F.Cl. The minimum absolute atomic E-state index is 0. The molecule has 1 nitrogen and oxygen atoms in total. The molecule has 0 unspecified atom stereocenters. The van der Waals surface area contributed by atoms with Crippen molar-refractivity contribution in [2.45, 2.75) is 18.6 Å². The Morgan fingerprint density at radius 1 is 1.17 bits per heavy atom. The van der Waals surface area contributed by atoms with Gasteiger partial charge in [-0.15, -0.1) is 12.4 Å². The third-order valence-electron chi connectivity index (χ3n) is 2.23. The minimum Gasteiger partial charge on any atom is -0.308 e. The van der Waals surface area contributed by atoms with Crippen LogP contribution < -0.4 is 5.32 Å². The van der Waals surface area contributed by atoms with Crippen LogP contribution in [-0.2, 0) is 6.18 Å². The number of hydrogen-bond donors (Lipinski definition) is 1. The molecule has 0 radical (unpaired) electrons. The van der Waals surface area contributed by atoms with E-state index in [1.165, 1.54) is 7.05 Å². The molecule has 0 aromatic heterocycles. The molecule has 8 heteroatoms. The molecule has 18 heavy (non-hydrogen) atoms. The van der Waals surface area contributed by atoms with Crippen molar-refractivity contribution in [3.8, 4) is 0 Å². The lowest BCUT2D eigenvalue weighted by molar-refractivity contribution is -0.137. The quantitative estimate of drug-likeness (QED) is 0.836. The number of alkyl halides is 5. The van der Waals surface area contributed by atoms with Crippen LogP contribution in [0, 0.1) is 5.82 Å². The molecule has 1 aromatic carbocycles. The zero-order chi connectivity index (χ0) is 13.2. The smallest absolute Gasteiger partial charge is 0.308 e. The van der Waals surface area contributed by atoms with E-state index in [9.17, 15) is 26.3 Å². The van der Waals surface area contributed by atoms with Crippen LogP contribution in [0.5, 0.6) is 0 Å². The predicted octanol–water partition coefficient (Wildman–Crippen LogP) is 3.79. The summed E-state index contributed by atoms with van der Waals surface area (Å²) in [4.78, 5) is 0. The first-order valence-electron chi connectivity index (χ1n) is 4.59. The fourth-order valence-electron chi connectivity index (χ4n) is 1.37. The van der Waals surface area contributed by atoms with Crippen LogP contribution in [0.1, 0.15) is 17.2 Å². The summed E-state index contributed by atoms with van der Waals surface area (Å²) >= 11 is 0. The highest BCUT2D eigenvalue weighted by molar-refractivity contribution is 5.85. The van der Waals surface area contributed by atoms with Crippen LogP contribution in [0.25, 0.3) is 0 Å². The summed E-state index contributed by atoms with van der Waals surface area (Å²) in [6, 6.07) is -0.129. The van der Waals surface area contributed by atoms with Crippen molar-refractivity contribution in [3.63, 3.8) is 0 Å². The zero-order valence-corrected chi connectivity index (χ0v) is 9.88. The summed E-state index contributed by atoms with van der Waals surface area (Å²) in [6.07, 6.45) is -7.61. The lowest BCUT2D eigenvalue weighted by atomic mass is 10.0. The van der Waals surface area contributed by atoms with Gasteiger partial charge < -0.3 is 5.32 Å². The van der Waals surface area contributed by atoms with Gasteiger partial charge >= 0.3 is 6.18 Å². The Labute approximate surface area is 106 Å². The average molecular weight is 294 g/mol. The number of rotatable bonds is 3. The monoisotopic (exact) mass is 293 g/mol. The molecule has 1 rings (SSSR count). The van der Waals surface area contributed by atoms with Gasteiger partial charge in [0, 0.05) is 5.56 Å². The van der Waals surface area contributed by atoms with Crippen molar-refractivity contribution >= 4 is 12.4 Å². The van der Waals surface area contributed by atoms with Gasteiger partial charge in [0.1, 0.15) is 5.82 Å². The van der Waals surface area contributed by atoms with Crippen molar-refractivity contribution < 1.29 is 26.3 Å². The fourth-order valence-corrected chi connectivity index (χ4v) is 1.37. The first-order valence-corrected chi connectivity index (χ1v) is 4.59. The first kappa shape index (κ1) is 17.1. The first-order chi connectivity index (χ1) is 7.77. The molecule has 0 saturated heterocycles. The van der Waals surface area contributed by atoms with Crippen LogP contribution in [0.15, 0.2) is 18.2 Å². The number of halogens is 7. The molecule has 1 N–H and O–H groups in total. The Bertz CT molecular complexity index is 392. The van der Waals surface area contributed by atoms with Crippen LogP contribution in [0.3, 0.4) is 0 Å². The van der Waals surface area contributed by atoms with Gasteiger partial charge in [-0.25, -0.2) is 13.2 Å². The second-order valence-corrected chi connectivity index (χ2v) is 3.33. The highest BCUT2D eigenvalue weighted by Gasteiger charge is 2.32. The van der Waals surface area contributed by atoms with Gasteiger partial charge in [-0.2, -0.15) is 13.2 Å². The second-order valence-electron chi connectivity index (χ2n) is 3.33. The van der Waals surface area contributed by atoms with E-state index in [1.807, 2.05) is 0 Å². The Balaban J connectivity index is 0.00000289. The molecule has 1 atom stereocenters. The van der Waals surface area contributed by atoms with Gasteiger partial charge in [0.25, 0.3) is 6.43 Å². The van der Waals surface area contributed by atoms with Crippen molar-refractivity contribution in [1.29, 1.82) is 0 Å². The molecular weight excluding hydrogens is 284 g/mol. The summed E-state index contributed by atoms with van der Waals surface area (Å²) in [5.74, 6) is -1.31. The number of hydrogen-bond acceptors (Lipinski definition) is 1. The molecular formula is C10H10ClF6N. The van der Waals surface area contributed by atoms with E-state index >= 15 is 0 Å². The van der Waals surface area contributed by atoms with Crippen molar-refractivity contribution in [2.24, 2.45) is 0 Å². The highest BCUT2D eigenvalue weighted by Crippen LogP contribution is 2.32. The van der Waals surface area contributed by atoms with E-state index in [2.05, 4.69) is 5.32 Å². The summed E-state index contributed by atoms with van der Waals surface area (Å²) < 4.78 is 74.8. The molecule has 0 amide bonds. The van der Waals surface area contributed by atoms with Crippen LogP contribution >= 0.6 is 12.4 Å². The summed E-state index contributed by atoms with van der Waals surface area (Å²) in [6.45, 7) is 0. The van der Waals surface area contributed by atoms with Gasteiger partial charge in [-0.3, -0.25) is 0 Å². The van der Waals surface area contributed by atoms with Gasteiger partial charge in [0.2, 0.25) is 0 Å². The molecule has 0 aliphatic rings. The molecule has 0 aliphatic carbocycles. The fraction of sp³-hybridized carbons (Fsp3) is 0.400. The largest absolute Gasteiger partial charge is 0.416 e. The van der Waals surface area contributed by atoms with E-state index < -0.39 is 35.6 Å². The number of benzene rings is 1. The van der Waals surface area contributed by atoms with Crippen molar-refractivity contribution in [3.05, 3.63) is 35.1 Å². The van der Waals surface area contributed by atoms with E-state index in [0.29, 0.717) is 12.1 Å². The normalized spacial score (nSPS) is 13.3. The van der Waals surface area contributed by atoms with E-state index in [1.54, 1.807) is 0 Å². The van der Waals surface area contributed by atoms with E-state index in [4.69, 9.17) is 0 Å². The van der Waals surface area contributed by atoms with Gasteiger partial charge in [0.05, 0.1) is 11.6 Å². The molecule has 1 aromatic rings. The van der Waals surface area contributed by atoms with Crippen molar-refractivity contribution in [2.75, 3.05) is 7.05 Å². The maximum absolute atomic E-state index is 13.3. The molecule has 0 saturated carbocycles. The van der Waals surface area contributed by atoms with Gasteiger partial charge in [-0.1, -0.05) is 6.07 Å².